The monoisotopic (exact) mass is 338 g/mol. The normalized spacial score (nSPS) is 12.0. The predicted molar refractivity (Wildman–Crippen MR) is 96.8 cm³/mol. The van der Waals surface area contributed by atoms with Crippen molar-refractivity contribution >= 4 is 23.3 Å². The number of benzene rings is 2. The van der Waals surface area contributed by atoms with Crippen LogP contribution in [0.25, 0.3) is 10.4 Å². The van der Waals surface area contributed by atoms with Crippen LogP contribution in [0.1, 0.15) is 18.5 Å². The van der Waals surface area contributed by atoms with E-state index in [-0.39, 0.29) is 12.6 Å². The third-order valence-electron chi connectivity index (χ3n) is 3.32. The molecule has 0 aliphatic heterocycles. The topological polar surface area (TPSA) is 122 Å². The number of rotatable bonds is 6. The van der Waals surface area contributed by atoms with Gasteiger partial charge in [-0.1, -0.05) is 47.6 Å². The second-order valence-electron chi connectivity index (χ2n) is 5.20. The maximum atomic E-state index is 10.8. The van der Waals surface area contributed by atoms with E-state index in [2.05, 4.69) is 25.7 Å². The molecule has 0 heterocycles. The Morgan fingerprint density at radius 1 is 1.20 bits per heavy atom. The highest BCUT2D eigenvalue weighted by atomic mass is 16.4. The Hall–Kier alpha value is -3.51. The zero-order chi connectivity index (χ0) is 18.1. The average molecular weight is 338 g/mol. The van der Waals surface area contributed by atoms with E-state index in [4.69, 9.17) is 10.6 Å². The maximum absolute atomic E-state index is 10.8. The van der Waals surface area contributed by atoms with Crippen molar-refractivity contribution in [2.24, 2.45) is 10.1 Å². The summed E-state index contributed by atoms with van der Waals surface area (Å²) in [5.41, 5.74) is 10.6. The Balaban J connectivity index is 2.13. The molecule has 2 rings (SSSR count). The van der Waals surface area contributed by atoms with E-state index in [1.54, 1.807) is 24.3 Å². The van der Waals surface area contributed by atoms with Crippen LogP contribution in [0.3, 0.4) is 0 Å². The Bertz CT molecular complexity index is 783. The predicted octanol–water partition coefficient (Wildman–Crippen LogP) is 3.83. The summed E-state index contributed by atoms with van der Waals surface area (Å²) in [5, 5.41) is 18.6. The second kappa shape index (κ2) is 8.95. The van der Waals surface area contributed by atoms with E-state index in [1.807, 2.05) is 37.3 Å². The van der Waals surface area contributed by atoms with Gasteiger partial charge in [0, 0.05) is 16.3 Å². The highest BCUT2D eigenvalue weighted by Crippen LogP contribution is 2.17. The standard InChI is InChI=1S/C17H18N6O2/c1-12(13-5-3-2-4-6-13)20-17(19-11-16(24)25)21-14-7-9-15(10-8-14)22-23-18/h2-10,12H,11H2,1H3,(H,24,25)(H2,19,20,21)/t12-/m0/s1. The second-order valence-corrected chi connectivity index (χ2v) is 5.20. The van der Waals surface area contributed by atoms with E-state index in [1.165, 1.54) is 0 Å². The fraction of sp³-hybridized carbons (Fsp3) is 0.176. The molecule has 0 unspecified atom stereocenters. The molecule has 0 radical (unpaired) electrons. The summed E-state index contributed by atoms with van der Waals surface area (Å²) in [4.78, 5) is 17.6. The van der Waals surface area contributed by atoms with Gasteiger partial charge in [-0.2, -0.15) is 0 Å². The zero-order valence-electron chi connectivity index (χ0n) is 13.6. The van der Waals surface area contributed by atoms with Crippen LogP contribution in [-0.4, -0.2) is 23.6 Å². The van der Waals surface area contributed by atoms with E-state index < -0.39 is 5.97 Å². The van der Waals surface area contributed by atoms with Gasteiger partial charge in [0.2, 0.25) is 0 Å². The summed E-state index contributed by atoms with van der Waals surface area (Å²) in [6.45, 7) is 1.60. The van der Waals surface area contributed by atoms with Crippen molar-refractivity contribution in [2.75, 3.05) is 11.9 Å². The molecule has 0 saturated carbocycles. The number of carboxylic acids is 1. The summed E-state index contributed by atoms with van der Waals surface area (Å²) in [6, 6.07) is 16.4. The van der Waals surface area contributed by atoms with Gasteiger partial charge in [-0.15, -0.1) is 0 Å². The van der Waals surface area contributed by atoms with Crippen molar-refractivity contribution in [1.29, 1.82) is 0 Å². The zero-order valence-corrected chi connectivity index (χ0v) is 13.6. The number of carbonyl (C=O) groups is 1. The van der Waals surface area contributed by atoms with Crippen LogP contribution in [0.4, 0.5) is 11.4 Å². The molecule has 0 aliphatic carbocycles. The van der Waals surface area contributed by atoms with Crippen LogP contribution >= 0.6 is 0 Å². The summed E-state index contributed by atoms with van der Waals surface area (Å²) in [6.07, 6.45) is 0. The van der Waals surface area contributed by atoms with Crippen molar-refractivity contribution in [2.45, 2.75) is 13.0 Å². The molecule has 128 valence electrons. The van der Waals surface area contributed by atoms with Gasteiger partial charge < -0.3 is 15.7 Å². The van der Waals surface area contributed by atoms with Gasteiger partial charge in [-0.25, -0.2) is 4.99 Å². The number of aliphatic carboxylic acids is 1. The van der Waals surface area contributed by atoms with Gasteiger partial charge in [0.15, 0.2) is 5.96 Å². The van der Waals surface area contributed by atoms with Crippen LogP contribution in [-0.2, 0) is 4.79 Å². The van der Waals surface area contributed by atoms with Crippen molar-refractivity contribution < 1.29 is 9.90 Å². The highest BCUT2D eigenvalue weighted by molar-refractivity contribution is 5.95. The van der Waals surface area contributed by atoms with Crippen molar-refractivity contribution in [1.82, 2.24) is 5.32 Å². The van der Waals surface area contributed by atoms with Gasteiger partial charge in [0.1, 0.15) is 6.54 Å². The number of carboxylic acid groups (broad SMARTS) is 1. The molecular weight excluding hydrogens is 320 g/mol. The number of aliphatic imine (C=N–C) groups is 1. The van der Waals surface area contributed by atoms with E-state index >= 15 is 0 Å². The van der Waals surface area contributed by atoms with Gasteiger partial charge >= 0.3 is 5.97 Å². The van der Waals surface area contributed by atoms with Gasteiger partial charge in [-0.3, -0.25) is 4.79 Å². The number of hydrogen-bond donors (Lipinski definition) is 3. The summed E-state index contributed by atoms with van der Waals surface area (Å²) in [5.74, 6) is -0.678. The summed E-state index contributed by atoms with van der Waals surface area (Å²) < 4.78 is 0. The first kappa shape index (κ1) is 17.8. The molecule has 0 saturated heterocycles. The third kappa shape index (κ3) is 5.89. The van der Waals surface area contributed by atoms with Gasteiger partial charge in [-0.05, 0) is 30.2 Å². The van der Waals surface area contributed by atoms with Crippen LogP contribution in [0.2, 0.25) is 0 Å². The fourth-order valence-corrected chi connectivity index (χ4v) is 2.10. The molecule has 1 atom stereocenters. The molecule has 25 heavy (non-hydrogen) atoms. The van der Waals surface area contributed by atoms with Crippen LogP contribution in [0.5, 0.6) is 0 Å². The lowest BCUT2D eigenvalue weighted by molar-refractivity contribution is -0.135. The quantitative estimate of drug-likeness (QED) is 0.243. The molecule has 0 aromatic heterocycles. The van der Waals surface area contributed by atoms with Crippen molar-refractivity contribution in [3.8, 4) is 0 Å². The largest absolute Gasteiger partial charge is 0.480 e. The SMILES string of the molecule is C[C@H](NC(=NCC(=O)O)Nc1ccc(N=[N+]=[N-])cc1)c1ccccc1. The summed E-state index contributed by atoms with van der Waals surface area (Å²) in [7, 11) is 0. The molecule has 8 heteroatoms. The molecule has 0 fully saturated rings. The fourth-order valence-electron chi connectivity index (χ4n) is 2.10. The molecule has 0 aliphatic rings. The molecule has 8 nitrogen and oxygen atoms in total. The number of guanidine groups is 1. The molecule has 3 N–H and O–H groups in total. The van der Waals surface area contributed by atoms with E-state index in [0.29, 0.717) is 17.3 Å². The molecule has 0 amide bonds. The Morgan fingerprint density at radius 2 is 1.88 bits per heavy atom. The van der Waals surface area contributed by atoms with Crippen LogP contribution in [0, 0.1) is 0 Å². The lowest BCUT2D eigenvalue weighted by Gasteiger charge is -2.18. The first-order chi connectivity index (χ1) is 12.1. The average Bonchev–Trinajstić information content (AvgIpc) is 2.62. The van der Waals surface area contributed by atoms with Crippen molar-refractivity contribution in [3.05, 3.63) is 70.6 Å². The first-order valence-corrected chi connectivity index (χ1v) is 7.58. The summed E-state index contributed by atoms with van der Waals surface area (Å²) >= 11 is 0. The van der Waals surface area contributed by atoms with E-state index in [0.717, 1.165) is 5.56 Å². The molecule has 2 aromatic carbocycles. The van der Waals surface area contributed by atoms with E-state index in [9.17, 15) is 4.79 Å². The van der Waals surface area contributed by atoms with Crippen LogP contribution in [0.15, 0.2) is 64.7 Å². The maximum Gasteiger partial charge on any atom is 0.325 e. The lowest BCUT2D eigenvalue weighted by Crippen LogP contribution is -2.33. The van der Waals surface area contributed by atoms with Crippen LogP contribution < -0.4 is 10.6 Å². The number of azide groups is 1. The third-order valence-corrected chi connectivity index (χ3v) is 3.32. The molecule has 0 spiro atoms. The minimum atomic E-state index is -1.02. The Labute approximate surface area is 144 Å². The number of hydrogen-bond acceptors (Lipinski definition) is 3. The first-order valence-electron chi connectivity index (χ1n) is 7.58. The molecule has 2 aromatic rings. The number of anilines is 1. The number of nitrogens with one attached hydrogen (secondary N) is 2. The highest BCUT2D eigenvalue weighted by Gasteiger charge is 2.09. The minimum absolute atomic E-state index is 0.0660. The smallest absolute Gasteiger partial charge is 0.325 e. The molecule has 0 bridgehead atoms. The Kier molecular flexibility index (Phi) is 6.39. The Morgan fingerprint density at radius 3 is 2.48 bits per heavy atom. The van der Waals surface area contributed by atoms with Crippen molar-refractivity contribution in [3.63, 3.8) is 0 Å². The lowest BCUT2D eigenvalue weighted by atomic mass is 10.1. The van der Waals surface area contributed by atoms with Gasteiger partial charge in [0.05, 0.1) is 6.04 Å². The van der Waals surface area contributed by atoms with Gasteiger partial charge in [0.25, 0.3) is 0 Å². The number of nitrogens with zero attached hydrogens (tertiary/aromatic N) is 4. The minimum Gasteiger partial charge on any atom is -0.480 e. The molecular formula is C17H18N6O2.